The van der Waals surface area contributed by atoms with Gasteiger partial charge in [-0.2, -0.15) is 15.2 Å². The largest absolute Gasteiger partial charge is 0.238 e. The zero-order valence-electron chi connectivity index (χ0n) is 11.7. The van der Waals surface area contributed by atoms with Gasteiger partial charge in [0.25, 0.3) is 0 Å². The van der Waals surface area contributed by atoms with E-state index in [0.29, 0.717) is 22.9 Å². The molecule has 3 rings (SSSR count). The Balaban J connectivity index is 2.04. The molecule has 6 heteroatoms. The van der Waals surface area contributed by atoms with Crippen molar-refractivity contribution in [3.63, 3.8) is 0 Å². The van der Waals surface area contributed by atoms with Gasteiger partial charge in [0, 0.05) is 11.1 Å². The molecule has 0 N–H and O–H groups in total. The Morgan fingerprint density at radius 3 is 1.87 bits per heavy atom. The van der Waals surface area contributed by atoms with E-state index in [2.05, 4.69) is 25.9 Å². The van der Waals surface area contributed by atoms with Gasteiger partial charge < -0.3 is 0 Å². The molecule has 108 valence electrons. The predicted octanol–water partition coefficient (Wildman–Crippen LogP) is 4.28. The third-order valence-electron chi connectivity index (χ3n) is 3.13. The Morgan fingerprint density at radius 2 is 1.39 bits per heavy atom. The summed E-state index contributed by atoms with van der Waals surface area (Å²) in [5.74, 6) is 0.861. The standard InChI is InChI=1S/C17H8ClN5/c1-20-14-8-6-13(7-9-14)16-21-15(22-17(18)23-16)12-4-2-11(10-19)3-5-12/h2-9H. The SMILES string of the molecule is [C-]#[N+]c1ccc(-c2nc(Cl)nc(-c3ccc(C#N)cc3)n2)cc1. The van der Waals surface area contributed by atoms with Crippen molar-refractivity contribution in [2.75, 3.05) is 0 Å². The average molecular weight is 318 g/mol. The van der Waals surface area contributed by atoms with Gasteiger partial charge in [0.1, 0.15) is 0 Å². The fourth-order valence-corrected chi connectivity index (χ4v) is 2.15. The van der Waals surface area contributed by atoms with Gasteiger partial charge >= 0.3 is 0 Å². The van der Waals surface area contributed by atoms with Crippen LogP contribution in [0, 0.1) is 17.9 Å². The molecule has 0 spiro atoms. The molecule has 0 atom stereocenters. The van der Waals surface area contributed by atoms with Crippen molar-refractivity contribution in [2.45, 2.75) is 0 Å². The molecule has 0 amide bonds. The lowest BCUT2D eigenvalue weighted by Crippen LogP contribution is -1.97. The third kappa shape index (κ3) is 3.16. The highest BCUT2D eigenvalue weighted by Crippen LogP contribution is 2.23. The molecule has 23 heavy (non-hydrogen) atoms. The lowest BCUT2D eigenvalue weighted by molar-refractivity contribution is 1.07. The Bertz CT molecular complexity index is 859. The number of halogens is 1. The quantitative estimate of drug-likeness (QED) is 0.661. The van der Waals surface area contributed by atoms with E-state index in [1.54, 1.807) is 48.5 Å². The first-order valence-corrected chi connectivity index (χ1v) is 6.97. The van der Waals surface area contributed by atoms with E-state index in [9.17, 15) is 0 Å². The summed E-state index contributed by atoms with van der Waals surface area (Å²) >= 11 is 6.00. The molecular weight excluding hydrogens is 310 g/mol. The van der Waals surface area contributed by atoms with E-state index in [4.69, 9.17) is 23.4 Å². The van der Waals surface area contributed by atoms with Crippen molar-refractivity contribution < 1.29 is 0 Å². The summed E-state index contributed by atoms with van der Waals surface area (Å²) in [6, 6.07) is 15.9. The molecule has 0 aliphatic rings. The van der Waals surface area contributed by atoms with Crippen LogP contribution in [0.5, 0.6) is 0 Å². The van der Waals surface area contributed by atoms with Crippen molar-refractivity contribution >= 4 is 17.3 Å². The smallest absolute Gasteiger partial charge is 0.226 e. The number of hydrogen-bond acceptors (Lipinski definition) is 4. The van der Waals surface area contributed by atoms with Gasteiger partial charge in [-0.05, 0) is 35.9 Å². The number of aromatic nitrogens is 3. The minimum absolute atomic E-state index is 0.0867. The molecule has 0 fully saturated rings. The molecule has 0 bridgehead atoms. The Kier molecular flexibility index (Phi) is 3.97. The molecule has 0 aliphatic heterocycles. The molecule has 0 aliphatic carbocycles. The Hall–Kier alpha value is -3.28. The van der Waals surface area contributed by atoms with Crippen molar-refractivity contribution in [1.82, 2.24) is 15.0 Å². The zero-order chi connectivity index (χ0) is 16.2. The van der Waals surface area contributed by atoms with Gasteiger partial charge in [-0.1, -0.05) is 24.3 Å². The topological polar surface area (TPSA) is 66.8 Å². The summed E-state index contributed by atoms with van der Waals surface area (Å²) in [6.45, 7) is 6.97. The van der Waals surface area contributed by atoms with Crippen LogP contribution < -0.4 is 0 Å². The minimum Gasteiger partial charge on any atom is -0.238 e. The maximum atomic E-state index is 8.85. The average Bonchev–Trinajstić information content (AvgIpc) is 2.61. The molecular formula is C17H8ClN5. The van der Waals surface area contributed by atoms with E-state index in [0.717, 1.165) is 11.1 Å². The van der Waals surface area contributed by atoms with E-state index in [1.807, 2.05) is 0 Å². The van der Waals surface area contributed by atoms with E-state index in [1.165, 1.54) is 0 Å². The summed E-state index contributed by atoms with van der Waals surface area (Å²) in [7, 11) is 0. The lowest BCUT2D eigenvalue weighted by atomic mass is 10.1. The van der Waals surface area contributed by atoms with Gasteiger partial charge in [-0.15, -0.1) is 0 Å². The summed E-state index contributed by atoms with van der Waals surface area (Å²) < 4.78 is 0. The summed E-state index contributed by atoms with van der Waals surface area (Å²) in [6.07, 6.45) is 0. The predicted molar refractivity (Wildman–Crippen MR) is 86.7 cm³/mol. The van der Waals surface area contributed by atoms with Crippen molar-refractivity contribution in [3.8, 4) is 28.8 Å². The molecule has 0 saturated heterocycles. The van der Waals surface area contributed by atoms with Crippen molar-refractivity contribution in [3.05, 3.63) is 70.8 Å². The number of nitrogens with zero attached hydrogens (tertiary/aromatic N) is 5. The fourth-order valence-electron chi connectivity index (χ4n) is 1.99. The van der Waals surface area contributed by atoms with E-state index < -0.39 is 0 Å². The number of hydrogen-bond donors (Lipinski definition) is 0. The van der Waals surface area contributed by atoms with Gasteiger partial charge in [-0.3, -0.25) is 0 Å². The molecule has 3 aromatic rings. The van der Waals surface area contributed by atoms with Gasteiger partial charge in [-0.25, -0.2) is 9.83 Å². The van der Waals surface area contributed by atoms with Crippen molar-refractivity contribution in [1.29, 1.82) is 5.26 Å². The maximum Gasteiger partial charge on any atom is 0.226 e. The number of nitriles is 1. The summed E-state index contributed by atoms with van der Waals surface area (Å²) in [4.78, 5) is 16.0. The fraction of sp³-hybridized carbons (Fsp3) is 0. The Morgan fingerprint density at radius 1 is 0.870 bits per heavy atom. The van der Waals surface area contributed by atoms with Crippen LogP contribution in [0.25, 0.3) is 27.6 Å². The molecule has 5 nitrogen and oxygen atoms in total. The van der Waals surface area contributed by atoms with Crippen LogP contribution in [0.4, 0.5) is 5.69 Å². The first-order chi connectivity index (χ1) is 11.2. The van der Waals surface area contributed by atoms with Gasteiger partial charge in [0.05, 0.1) is 18.2 Å². The molecule has 1 aromatic heterocycles. The minimum atomic E-state index is 0.0867. The van der Waals surface area contributed by atoms with Crippen LogP contribution >= 0.6 is 11.6 Å². The third-order valence-corrected chi connectivity index (χ3v) is 3.30. The van der Waals surface area contributed by atoms with Crippen LogP contribution in [0.1, 0.15) is 5.56 Å². The van der Waals surface area contributed by atoms with Crippen molar-refractivity contribution in [2.24, 2.45) is 0 Å². The Labute approximate surface area is 137 Å². The first-order valence-electron chi connectivity index (χ1n) is 6.59. The second kappa shape index (κ2) is 6.23. The van der Waals surface area contributed by atoms with Crippen LogP contribution in [-0.4, -0.2) is 15.0 Å². The molecule has 0 radical (unpaired) electrons. The monoisotopic (exact) mass is 317 g/mol. The highest BCUT2D eigenvalue weighted by molar-refractivity contribution is 6.28. The number of rotatable bonds is 2. The molecule has 0 saturated carbocycles. The van der Waals surface area contributed by atoms with Crippen LogP contribution in [-0.2, 0) is 0 Å². The van der Waals surface area contributed by atoms with E-state index >= 15 is 0 Å². The highest BCUT2D eigenvalue weighted by Gasteiger charge is 2.09. The summed E-state index contributed by atoms with van der Waals surface area (Å²) in [5.41, 5.74) is 2.59. The summed E-state index contributed by atoms with van der Waals surface area (Å²) in [5, 5.41) is 8.93. The van der Waals surface area contributed by atoms with E-state index in [-0.39, 0.29) is 5.28 Å². The van der Waals surface area contributed by atoms with Gasteiger partial charge in [0.2, 0.25) is 5.28 Å². The van der Waals surface area contributed by atoms with Crippen LogP contribution in [0.15, 0.2) is 48.5 Å². The zero-order valence-corrected chi connectivity index (χ0v) is 12.5. The molecule has 0 unspecified atom stereocenters. The highest BCUT2D eigenvalue weighted by atomic mass is 35.5. The number of benzene rings is 2. The second-order valence-electron chi connectivity index (χ2n) is 4.60. The second-order valence-corrected chi connectivity index (χ2v) is 4.94. The molecule has 1 heterocycles. The molecule has 2 aromatic carbocycles. The van der Waals surface area contributed by atoms with Crippen LogP contribution in [0.2, 0.25) is 5.28 Å². The lowest BCUT2D eigenvalue weighted by Gasteiger charge is -2.05. The normalized spacial score (nSPS) is 9.87. The first kappa shape index (κ1) is 14.6. The van der Waals surface area contributed by atoms with Crippen LogP contribution in [0.3, 0.4) is 0 Å². The maximum absolute atomic E-state index is 8.85. The van der Waals surface area contributed by atoms with Gasteiger partial charge in [0.15, 0.2) is 17.3 Å².